The molecule has 2 nitrogen and oxygen atoms in total. The maximum atomic E-state index is 6.09. The first-order valence-electron chi connectivity index (χ1n) is 7.68. The highest BCUT2D eigenvalue weighted by Gasteiger charge is 2.47. The molecule has 2 heterocycles. The third-order valence-corrected chi connectivity index (χ3v) is 9.01. The topological polar surface area (TPSA) is 12.2 Å². The van der Waals surface area contributed by atoms with Gasteiger partial charge in [0.2, 0.25) is 8.07 Å². The van der Waals surface area contributed by atoms with E-state index in [1.807, 2.05) is 12.1 Å². The largest absolute Gasteiger partial charge is 1.00 e. The zero-order valence-electron chi connectivity index (χ0n) is 13.2. The number of hydrogen-bond acceptors (Lipinski definition) is 1. The van der Waals surface area contributed by atoms with Crippen LogP contribution in [0.2, 0.25) is 11.6 Å². The van der Waals surface area contributed by atoms with E-state index in [0.717, 1.165) is 18.2 Å². The smallest absolute Gasteiger partial charge is 0.284 e. The average molecular weight is 364 g/mol. The molecule has 0 aliphatic carbocycles. The van der Waals surface area contributed by atoms with Gasteiger partial charge in [0.1, 0.15) is 12.4 Å². The summed E-state index contributed by atoms with van der Waals surface area (Å²) >= 11 is 6.09. The zero-order valence-corrected chi connectivity index (χ0v) is 15.7. The predicted octanol–water partition coefficient (Wildman–Crippen LogP) is -0.490. The first-order valence-corrected chi connectivity index (χ1v) is 10.6. The lowest BCUT2D eigenvalue weighted by Gasteiger charge is -2.30. The van der Waals surface area contributed by atoms with Crippen LogP contribution in [0.3, 0.4) is 0 Å². The summed E-state index contributed by atoms with van der Waals surface area (Å²) in [5, 5.41) is 3.66. The summed E-state index contributed by atoms with van der Waals surface area (Å²) in [6.45, 7) is 6.37. The predicted molar refractivity (Wildman–Crippen MR) is 93.4 cm³/mol. The van der Waals surface area contributed by atoms with Crippen LogP contribution in [0.25, 0.3) is 0 Å². The number of nitrogens with zero attached hydrogens (tertiary/aromatic N) is 1. The molecule has 1 fully saturated rings. The van der Waals surface area contributed by atoms with E-state index < -0.39 is 8.07 Å². The van der Waals surface area contributed by atoms with Crippen molar-refractivity contribution in [2.24, 2.45) is 0 Å². The monoisotopic (exact) mass is 363 g/mol. The van der Waals surface area contributed by atoms with E-state index in [-0.39, 0.29) is 18.6 Å². The number of benzene rings is 2. The van der Waals surface area contributed by atoms with Crippen molar-refractivity contribution in [2.75, 3.05) is 13.2 Å². The molecular formula is C18H19Cl2NOSi. The van der Waals surface area contributed by atoms with Gasteiger partial charge in [-0.25, -0.2) is 4.58 Å². The van der Waals surface area contributed by atoms with Gasteiger partial charge in [-0.1, -0.05) is 48.0 Å². The molecule has 0 aromatic heterocycles. The van der Waals surface area contributed by atoms with Crippen LogP contribution in [0.15, 0.2) is 42.5 Å². The van der Waals surface area contributed by atoms with Crippen molar-refractivity contribution in [3.63, 3.8) is 0 Å². The van der Waals surface area contributed by atoms with Crippen molar-refractivity contribution in [3.05, 3.63) is 58.6 Å². The Morgan fingerprint density at radius 3 is 2.65 bits per heavy atom. The van der Waals surface area contributed by atoms with Gasteiger partial charge in [-0.3, -0.25) is 0 Å². The van der Waals surface area contributed by atoms with Crippen molar-refractivity contribution in [1.29, 1.82) is 0 Å². The Hall–Kier alpha value is -1.13. The lowest BCUT2D eigenvalue weighted by molar-refractivity contribution is -0.572. The highest BCUT2D eigenvalue weighted by Crippen LogP contribution is 2.27. The second kappa shape index (κ2) is 6.06. The Morgan fingerprint density at radius 1 is 1.17 bits per heavy atom. The summed E-state index contributed by atoms with van der Waals surface area (Å²) < 4.78 is 8.35. The maximum Gasteiger partial charge on any atom is 0.284 e. The summed E-state index contributed by atoms with van der Waals surface area (Å²) in [7, 11) is -1.91. The van der Waals surface area contributed by atoms with E-state index >= 15 is 0 Å². The van der Waals surface area contributed by atoms with Crippen LogP contribution in [-0.2, 0) is 4.74 Å². The van der Waals surface area contributed by atoms with E-state index in [4.69, 9.17) is 16.3 Å². The fourth-order valence-electron chi connectivity index (χ4n) is 3.65. The summed E-state index contributed by atoms with van der Waals surface area (Å²) in [4.78, 5) is 0. The summed E-state index contributed by atoms with van der Waals surface area (Å²) in [6, 6.07) is 15.2. The fourth-order valence-corrected chi connectivity index (χ4v) is 7.49. The van der Waals surface area contributed by atoms with Gasteiger partial charge in [0.15, 0.2) is 6.54 Å². The molecular weight excluding hydrogens is 345 g/mol. The van der Waals surface area contributed by atoms with Crippen LogP contribution in [0.5, 0.6) is 0 Å². The third kappa shape index (κ3) is 2.66. The minimum absolute atomic E-state index is 0. The molecule has 120 valence electrons. The van der Waals surface area contributed by atoms with Crippen LogP contribution < -0.4 is 22.8 Å². The Kier molecular flexibility index (Phi) is 4.40. The lowest BCUT2D eigenvalue weighted by atomic mass is 10.1. The molecule has 0 bridgehead atoms. The van der Waals surface area contributed by atoms with E-state index in [1.165, 1.54) is 21.5 Å². The molecule has 0 amide bonds. The Labute approximate surface area is 149 Å². The third-order valence-electron chi connectivity index (χ3n) is 4.83. The number of rotatable bonds is 1. The maximum absolute atomic E-state index is 6.09. The molecule has 4 rings (SSSR count). The van der Waals surface area contributed by atoms with E-state index in [2.05, 4.69) is 54.2 Å². The van der Waals surface area contributed by atoms with Crippen molar-refractivity contribution in [2.45, 2.75) is 19.7 Å². The highest BCUT2D eigenvalue weighted by atomic mass is 35.5. The SMILES string of the molecule is Cc1ccc2c(c1)[Si](C)(c1ccc(Cl)cc1)C=[N+]1CCOC21.[Cl-]. The molecule has 5 heteroatoms. The molecule has 0 radical (unpaired) electrons. The van der Waals surface area contributed by atoms with Gasteiger partial charge in [0.05, 0.1) is 0 Å². The second-order valence-electron chi connectivity index (χ2n) is 6.39. The van der Waals surface area contributed by atoms with Crippen molar-refractivity contribution < 1.29 is 21.7 Å². The average Bonchev–Trinajstić information content (AvgIpc) is 2.96. The Morgan fingerprint density at radius 2 is 1.91 bits per heavy atom. The Bertz CT molecular complexity index is 775. The number of aryl methyl sites for hydroxylation is 1. The molecule has 0 spiro atoms. The number of fused-ring (bicyclic) bond motifs is 3. The summed E-state index contributed by atoms with van der Waals surface area (Å²) in [6.07, 6.45) is 0.100. The van der Waals surface area contributed by atoms with Gasteiger partial charge in [-0.05, 0) is 35.5 Å². The molecule has 0 N–H and O–H groups in total. The van der Waals surface area contributed by atoms with Gasteiger partial charge in [0.25, 0.3) is 6.23 Å². The molecule has 2 aliphatic heterocycles. The van der Waals surface area contributed by atoms with Crippen LogP contribution in [0.4, 0.5) is 0 Å². The zero-order chi connectivity index (χ0) is 15.3. The van der Waals surface area contributed by atoms with Crippen molar-refractivity contribution >= 4 is 35.9 Å². The molecule has 2 atom stereocenters. The molecule has 2 aromatic rings. The minimum atomic E-state index is -1.91. The van der Waals surface area contributed by atoms with Gasteiger partial charge >= 0.3 is 0 Å². The molecule has 2 unspecified atom stereocenters. The van der Waals surface area contributed by atoms with E-state index in [1.54, 1.807) is 0 Å². The van der Waals surface area contributed by atoms with Crippen LogP contribution >= 0.6 is 11.6 Å². The molecule has 1 saturated heterocycles. The highest BCUT2D eigenvalue weighted by molar-refractivity contribution is 7.18. The number of ether oxygens (including phenoxy) is 1. The van der Waals surface area contributed by atoms with Gasteiger partial charge in [-0.2, -0.15) is 0 Å². The van der Waals surface area contributed by atoms with Crippen LogP contribution in [-0.4, -0.2) is 31.6 Å². The molecule has 23 heavy (non-hydrogen) atoms. The number of hydrogen-bond donors (Lipinski definition) is 0. The molecule has 2 aromatic carbocycles. The lowest BCUT2D eigenvalue weighted by Crippen LogP contribution is -3.00. The second-order valence-corrected chi connectivity index (χ2v) is 10.6. The van der Waals surface area contributed by atoms with Crippen molar-refractivity contribution in [3.8, 4) is 0 Å². The Balaban J connectivity index is 0.00000156. The first-order chi connectivity index (χ1) is 10.6. The summed E-state index contributed by atoms with van der Waals surface area (Å²) in [5.41, 5.74) is 2.65. The molecule has 0 saturated carbocycles. The van der Waals surface area contributed by atoms with Gasteiger partial charge < -0.3 is 17.1 Å². The standard InChI is InChI=1S/C18H19ClNOSi.ClH/c1-13-3-8-16-17(11-13)22(2,12-20-9-10-21-18(16)20)15-6-4-14(19)5-7-15;/h3-8,11-12,18H,9-10H2,1-2H3;1H/q+1;/p-1. The fraction of sp³-hybridized carbons (Fsp3) is 0.278. The van der Waals surface area contributed by atoms with E-state index in [9.17, 15) is 0 Å². The van der Waals surface area contributed by atoms with Gasteiger partial charge in [0, 0.05) is 10.6 Å². The van der Waals surface area contributed by atoms with Crippen LogP contribution in [0, 0.1) is 6.92 Å². The first kappa shape index (κ1) is 16.7. The van der Waals surface area contributed by atoms with Crippen LogP contribution in [0.1, 0.15) is 17.4 Å². The van der Waals surface area contributed by atoms with Crippen molar-refractivity contribution in [1.82, 2.24) is 0 Å². The van der Waals surface area contributed by atoms with Gasteiger partial charge in [-0.15, -0.1) is 0 Å². The minimum Gasteiger partial charge on any atom is -1.00 e. The molecule has 2 aliphatic rings. The number of halogens is 2. The quantitative estimate of drug-likeness (QED) is 0.492. The normalized spacial score (nSPS) is 25.2. The van der Waals surface area contributed by atoms with E-state index in [0.29, 0.717) is 0 Å². The summed E-state index contributed by atoms with van der Waals surface area (Å²) in [5.74, 6) is 2.47.